The minimum Gasteiger partial charge on any atom is -0.382 e. The first kappa shape index (κ1) is 16.9. The van der Waals surface area contributed by atoms with Gasteiger partial charge in [-0.2, -0.15) is 0 Å². The van der Waals surface area contributed by atoms with Gasteiger partial charge in [-0.3, -0.25) is 0 Å². The van der Waals surface area contributed by atoms with Gasteiger partial charge in [0.05, 0.1) is 33.0 Å². The van der Waals surface area contributed by atoms with Gasteiger partial charge < -0.3 is 24.4 Å². The molecule has 5 heteroatoms. The first-order chi connectivity index (χ1) is 9.36. The molecule has 0 bridgehead atoms. The molecular formula is C14H30N2O3. The van der Waals surface area contributed by atoms with Gasteiger partial charge in [0.15, 0.2) is 0 Å². The number of ether oxygens (including phenoxy) is 3. The van der Waals surface area contributed by atoms with Crippen molar-refractivity contribution in [1.29, 1.82) is 0 Å². The summed E-state index contributed by atoms with van der Waals surface area (Å²) >= 11 is 0. The molecule has 0 aromatic carbocycles. The number of likely N-dealkylation sites (tertiary alicyclic amines) is 1. The van der Waals surface area contributed by atoms with Crippen molar-refractivity contribution < 1.29 is 14.2 Å². The number of methoxy groups -OCH3 is 1. The molecule has 0 aromatic rings. The van der Waals surface area contributed by atoms with Gasteiger partial charge in [0.1, 0.15) is 0 Å². The van der Waals surface area contributed by atoms with E-state index >= 15 is 0 Å². The summed E-state index contributed by atoms with van der Waals surface area (Å²) in [4.78, 5) is 2.50. The maximum Gasteiger partial charge on any atom is 0.0701 e. The Labute approximate surface area is 117 Å². The molecule has 0 saturated carbocycles. The second-order valence-electron chi connectivity index (χ2n) is 5.06. The Kier molecular flexibility index (Phi) is 10.3. The topological polar surface area (TPSA) is 43.0 Å². The molecule has 0 amide bonds. The summed E-state index contributed by atoms with van der Waals surface area (Å²) in [6.45, 7) is 8.08. The normalized spacial score (nSPS) is 18.0. The van der Waals surface area contributed by atoms with Gasteiger partial charge >= 0.3 is 0 Å². The van der Waals surface area contributed by atoms with Gasteiger partial charge in [0, 0.05) is 13.7 Å². The second-order valence-corrected chi connectivity index (χ2v) is 5.06. The number of rotatable bonds is 11. The molecular weight excluding hydrogens is 244 g/mol. The number of hydrogen-bond donors (Lipinski definition) is 1. The van der Waals surface area contributed by atoms with E-state index in [9.17, 15) is 0 Å². The highest BCUT2D eigenvalue weighted by Gasteiger charge is 2.17. The Hall–Kier alpha value is -0.200. The lowest BCUT2D eigenvalue weighted by atomic mass is 9.97. The third-order valence-corrected chi connectivity index (χ3v) is 3.56. The Morgan fingerprint density at radius 2 is 1.63 bits per heavy atom. The highest BCUT2D eigenvalue weighted by molar-refractivity contribution is 4.73. The van der Waals surface area contributed by atoms with Crippen molar-refractivity contribution >= 4 is 0 Å². The SMILES string of the molecule is CNCC1CCN(CCOCCOCCOC)CC1. The van der Waals surface area contributed by atoms with Crippen molar-refractivity contribution in [3.63, 3.8) is 0 Å². The Morgan fingerprint density at radius 1 is 1.00 bits per heavy atom. The van der Waals surface area contributed by atoms with Crippen LogP contribution < -0.4 is 5.32 Å². The maximum atomic E-state index is 5.57. The predicted octanol–water partition coefficient (Wildman–Crippen LogP) is 0.597. The molecule has 5 nitrogen and oxygen atoms in total. The number of nitrogens with zero attached hydrogens (tertiary/aromatic N) is 1. The van der Waals surface area contributed by atoms with Gasteiger partial charge in [-0.1, -0.05) is 0 Å². The van der Waals surface area contributed by atoms with Gasteiger partial charge in [-0.15, -0.1) is 0 Å². The fourth-order valence-corrected chi connectivity index (χ4v) is 2.36. The molecule has 0 atom stereocenters. The average molecular weight is 274 g/mol. The monoisotopic (exact) mass is 274 g/mol. The van der Waals surface area contributed by atoms with Gasteiger partial charge in [0.25, 0.3) is 0 Å². The van der Waals surface area contributed by atoms with E-state index in [0.717, 1.165) is 25.6 Å². The van der Waals surface area contributed by atoms with E-state index in [0.29, 0.717) is 26.4 Å². The molecule has 1 heterocycles. The minimum atomic E-state index is 0.652. The zero-order valence-electron chi connectivity index (χ0n) is 12.5. The third-order valence-electron chi connectivity index (χ3n) is 3.56. The standard InChI is InChI=1S/C14H30N2O3/c1-15-13-14-3-5-16(6-4-14)7-8-18-11-12-19-10-9-17-2/h14-15H,3-13H2,1-2H3. The van der Waals surface area contributed by atoms with Crippen LogP contribution in [0.25, 0.3) is 0 Å². The molecule has 0 unspecified atom stereocenters. The van der Waals surface area contributed by atoms with E-state index in [2.05, 4.69) is 10.2 Å². The molecule has 114 valence electrons. The first-order valence-corrected chi connectivity index (χ1v) is 7.38. The second kappa shape index (κ2) is 11.6. The van der Waals surface area contributed by atoms with Crippen LogP contribution in [0.5, 0.6) is 0 Å². The van der Waals surface area contributed by atoms with Gasteiger partial charge in [-0.25, -0.2) is 0 Å². The van der Waals surface area contributed by atoms with Crippen LogP contribution >= 0.6 is 0 Å². The van der Waals surface area contributed by atoms with Crippen molar-refractivity contribution in [3.05, 3.63) is 0 Å². The van der Waals surface area contributed by atoms with Crippen LogP contribution in [0.4, 0.5) is 0 Å². The van der Waals surface area contributed by atoms with Crippen LogP contribution in [0.15, 0.2) is 0 Å². The van der Waals surface area contributed by atoms with Crippen LogP contribution in [0, 0.1) is 5.92 Å². The van der Waals surface area contributed by atoms with E-state index in [1.165, 1.54) is 25.9 Å². The van der Waals surface area contributed by atoms with E-state index < -0.39 is 0 Å². The summed E-state index contributed by atoms with van der Waals surface area (Å²) in [5.74, 6) is 0.858. The Bertz CT molecular complexity index is 197. The predicted molar refractivity (Wildman–Crippen MR) is 76.6 cm³/mol. The molecule has 1 rings (SSSR count). The van der Waals surface area contributed by atoms with E-state index in [4.69, 9.17) is 14.2 Å². The maximum absolute atomic E-state index is 5.57. The van der Waals surface area contributed by atoms with Crippen molar-refractivity contribution in [2.24, 2.45) is 5.92 Å². The molecule has 0 aromatic heterocycles. The van der Waals surface area contributed by atoms with Gasteiger partial charge in [-0.05, 0) is 45.4 Å². The molecule has 0 spiro atoms. The number of nitrogens with one attached hydrogen (secondary N) is 1. The zero-order valence-corrected chi connectivity index (χ0v) is 12.5. The smallest absolute Gasteiger partial charge is 0.0701 e. The van der Waals surface area contributed by atoms with Crippen molar-refractivity contribution in [2.75, 3.05) is 73.4 Å². The molecule has 1 fully saturated rings. The van der Waals surface area contributed by atoms with Crippen molar-refractivity contribution in [1.82, 2.24) is 10.2 Å². The summed E-state index contributed by atoms with van der Waals surface area (Å²) in [7, 11) is 3.72. The summed E-state index contributed by atoms with van der Waals surface area (Å²) in [6.07, 6.45) is 2.61. The number of hydrogen-bond acceptors (Lipinski definition) is 5. The summed E-state index contributed by atoms with van der Waals surface area (Å²) < 4.78 is 15.8. The van der Waals surface area contributed by atoms with Crippen LogP contribution in [0.3, 0.4) is 0 Å². The van der Waals surface area contributed by atoms with Crippen molar-refractivity contribution in [2.45, 2.75) is 12.8 Å². The Balaban J connectivity index is 1.85. The number of piperidine rings is 1. The average Bonchev–Trinajstić information content (AvgIpc) is 2.44. The van der Waals surface area contributed by atoms with Crippen LogP contribution in [-0.2, 0) is 14.2 Å². The van der Waals surface area contributed by atoms with Crippen molar-refractivity contribution in [3.8, 4) is 0 Å². The summed E-state index contributed by atoms with van der Waals surface area (Å²) in [5, 5.41) is 3.27. The summed E-state index contributed by atoms with van der Waals surface area (Å²) in [6, 6.07) is 0. The molecule has 1 aliphatic rings. The summed E-state index contributed by atoms with van der Waals surface area (Å²) in [5.41, 5.74) is 0. The lowest BCUT2D eigenvalue weighted by Gasteiger charge is -2.31. The fourth-order valence-electron chi connectivity index (χ4n) is 2.36. The van der Waals surface area contributed by atoms with E-state index in [1.807, 2.05) is 7.05 Å². The zero-order chi connectivity index (χ0) is 13.8. The van der Waals surface area contributed by atoms with Crippen LogP contribution in [0.2, 0.25) is 0 Å². The lowest BCUT2D eigenvalue weighted by molar-refractivity contribution is 0.0173. The molecule has 1 aliphatic heterocycles. The van der Waals surface area contributed by atoms with E-state index in [1.54, 1.807) is 7.11 Å². The molecule has 19 heavy (non-hydrogen) atoms. The fraction of sp³-hybridized carbons (Fsp3) is 1.00. The molecule has 1 saturated heterocycles. The first-order valence-electron chi connectivity index (χ1n) is 7.38. The highest BCUT2D eigenvalue weighted by Crippen LogP contribution is 2.15. The quantitative estimate of drug-likeness (QED) is 0.559. The lowest BCUT2D eigenvalue weighted by Crippen LogP contribution is -2.38. The molecule has 1 N–H and O–H groups in total. The minimum absolute atomic E-state index is 0.652. The molecule has 0 aliphatic carbocycles. The van der Waals surface area contributed by atoms with E-state index in [-0.39, 0.29) is 0 Å². The van der Waals surface area contributed by atoms with Crippen LogP contribution in [0.1, 0.15) is 12.8 Å². The van der Waals surface area contributed by atoms with Gasteiger partial charge in [0.2, 0.25) is 0 Å². The highest BCUT2D eigenvalue weighted by atomic mass is 16.5. The van der Waals surface area contributed by atoms with Crippen LogP contribution in [-0.4, -0.2) is 78.3 Å². The largest absolute Gasteiger partial charge is 0.382 e. The third kappa shape index (κ3) is 8.55. The Morgan fingerprint density at radius 3 is 2.26 bits per heavy atom. The molecule has 0 radical (unpaired) electrons.